The van der Waals surface area contributed by atoms with Gasteiger partial charge in [0.15, 0.2) is 6.29 Å². The Morgan fingerprint density at radius 1 is 1.38 bits per heavy atom. The van der Waals surface area contributed by atoms with E-state index < -0.39 is 0 Å². The third-order valence-electron chi connectivity index (χ3n) is 3.42. The van der Waals surface area contributed by atoms with E-state index in [4.69, 9.17) is 9.47 Å². The van der Waals surface area contributed by atoms with Crippen molar-refractivity contribution in [3.63, 3.8) is 0 Å². The summed E-state index contributed by atoms with van der Waals surface area (Å²) in [5.41, 5.74) is 0.142. The van der Waals surface area contributed by atoms with Gasteiger partial charge in [-0.1, -0.05) is 13.8 Å². The van der Waals surface area contributed by atoms with E-state index in [1.165, 1.54) is 12.8 Å². The normalized spacial score (nSPS) is 50.1. The van der Waals surface area contributed by atoms with E-state index in [0.29, 0.717) is 12.0 Å². The fraction of sp³-hybridized carbons (Fsp3) is 1.00. The first-order valence-electron chi connectivity index (χ1n) is 5.34. The molecule has 76 valence electrons. The van der Waals surface area contributed by atoms with Gasteiger partial charge in [0.05, 0.1) is 11.7 Å². The van der Waals surface area contributed by atoms with Crippen LogP contribution in [-0.2, 0) is 9.47 Å². The Bertz CT molecular complexity index is 202. The van der Waals surface area contributed by atoms with E-state index in [-0.39, 0.29) is 11.9 Å². The van der Waals surface area contributed by atoms with Crippen LogP contribution >= 0.6 is 0 Å². The Hall–Kier alpha value is -0.0800. The first-order valence-corrected chi connectivity index (χ1v) is 5.34. The summed E-state index contributed by atoms with van der Waals surface area (Å²) < 4.78 is 11.6. The monoisotopic (exact) mass is 184 g/mol. The Labute approximate surface area is 80.6 Å². The van der Waals surface area contributed by atoms with Gasteiger partial charge in [0.2, 0.25) is 0 Å². The third kappa shape index (κ3) is 1.75. The molecule has 1 aliphatic heterocycles. The molecule has 13 heavy (non-hydrogen) atoms. The minimum atomic E-state index is -0.0232. The van der Waals surface area contributed by atoms with Gasteiger partial charge in [-0.2, -0.15) is 0 Å². The van der Waals surface area contributed by atoms with Gasteiger partial charge in [-0.15, -0.1) is 0 Å². The summed E-state index contributed by atoms with van der Waals surface area (Å²) in [6.07, 6.45) is 2.77. The summed E-state index contributed by atoms with van der Waals surface area (Å²) in [7, 11) is 0. The zero-order valence-electron chi connectivity index (χ0n) is 9.04. The molecule has 1 saturated heterocycles. The molecular weight excluding hydrogens is 164 g/mol. The molecule has 0 radical (unpaired) electrons. The molecule has 2 aliphatic rings. The number of hydrogen-bond acceptors (Lipinski definition) is 2. The van der Waals surface area contributed by atoms with Crippen LogP contribution in [0.3, 0.4) is 0 Å². The van der Waals surface area contributed by atoms with Crippen molar-refractivity contribution in [1.82, 2.24) is 0 Å². The average molecular weight is 184 g/mol. The zero-order chi connectivity index (χ0) is 9.64. The molecule has 2 fully saturated rings. The molecule has 1 aliphatic carbocycles. The highest BCUT2D eigenvalue weighted by atomic mass is 16.7. The van der Waals surface area contributed by atoms with Crippen molar-refractivity contribution < 1.29 is 9.47 Å². The van der Waals surface area contributed by atoms with Gasteiger partial charge < -0.3 is 9.47 Å². The third-order valence-corrected chi connectivity index (χ3v) is 3.42. The summed E-state index contributed by atoms with van der Waals surface area (Å²) >= 11 is 0. The lowest BCUT2D eigenvalue weighted by atomic mass is 10.0. The van der Waals surface area contributed by atoms with Crippen LogP contribution in [0.1, 0.15) is 40.5 Å². The van der Waals surface area contributed by atoms with Crippen molar-refractivity contribution in [1.29, 1.82) is 0 Å². The van der Waals surface area contributed by atoms with E-state index >= 15 is 0 Å². The second-order valence-corrected chi connectivity index (χ2v) is 5.05. The van der Waals surface area contributed by atoms with Crippen LogP contribution in [0.15, 0.2) is 0 Å². The molecule has 0 amide bonds. The first kappa shape index (κ1) is 9.47. The fourth-order valence-corrected chi connectivity index (χ4v) is 2.33. The average Bonchev–Trinajstić information content (AvgIpc) is 2.58. The molecule has 0 bridgehead atoms. The Balaban J connectivity index is 2.03. The van der Waals surface area contributed by atoms with Gasteiger partial charge in [-0.05, 0) is 38.5 Å². The van der Waals surface area contributed by atoms with Gasteiger partial charge in [-0.3, -0.25) is 0 Å². The van der Waals surface area contributed by atoms with Crippen molar-refractivity contribution in [3.8, 4) is 0 Å². The molecule has 2 rings (SSSR count). The predicted octanol–water partition coefficient (Wildman–Crippen LogP) is 2.57. The van der Waals surface area contributed by atoms with Crippen molar-refractivity contribution in [2.24, 2.45) is 11.8 Å². The Morgan fingerprint density at radius 3 is 2.69 bits per heavy atom. The van der Waals surface area contributed by atoms with Crippen LogP contribution in [0.4, 0.5) is 0 Å². The minimum absolute atomic E-state index is 0.0232. The quantitative estimate of drug-likeness (QED) is 0.623. The lowest BCUT2D eigenvalue weighted by Gasteiger charge is -2.23. The lowest BCUT2D eigenvalue weighted by molar-refractivity contribution is -0.183. The van der Waals surface area contributed by atoms with Gasteiger partial charge in [0, 0.05) is 0 Å². The highest BCUT2D eigenvalue weighted by Crippen LogP contribution is 2.52. The van der Waals surface area contributed by atoms with Gasteiger partial charge >= 0.3 is 0 Å². The second kappa shape index (κ2) is 2.96. The van der Waals surface area contributed by atoms with Crippen LogP contribution in [0.25, 0.3) is 0 Å². The molecule has 1 saturated carbocycles. The summed E-state index contributed by atoms with van der Waals surface area (Å²) in [6.45, 7) is 8.67. The highest BCUT2D eigenvalue weighted by molar-refractivity contribution is 5.03. The number of hydrogen-bond donors (Lipinski definition) is 0. The van der Waals surface area contributed by atoms with Crippen LogP contribution in [0.2, 0.25) is 0 Å². The van der Waals surface area contributed by atoms with Gasteiger partial charge in [0.1, 0.15) is 0 Å². The number of fused-ring (bicyclic) bond motifs is 1. The molecule has 0 aromatic rings. The van der Waals surface area contributed by atoms with E-state index in [0.717, 1.165) is 5.92 Å². The first-order chi connectivity index (χ1) is 6.01. The Kier molecular flexibility index (Phi) is 2.16. The van der Waals surface area contributed by atoms with E-state index in [9.17, 15) is 0 Å². The standard InChI is InChI=1S/C11H20O2/c1-7(2)10-5-9-6-11(9,4)13-8(3)12-10/h7-10H,5-6H2,1-4H3/t8-,9-,10+,11+/m1/s1. The molecule has 0 aromatic carbocycles. The molecule has 1 heterocycles. The number of rotatable bonds is 1. The van der Waals surface area contributed by atoms with Crippen LogP contribution in [0.5, 0.6) is 0 Å². The number of ether oxygens (including phenoxy) is 2. The summed E-state index contributed by atoms with van der Waals surface area (Å²) in [5, 5.41) is 0. The molecule has 2 nitrogen and oxygen atoms in total. The molecule has 0 N–H and O–H groups in total. The summed E-state index contributed by atoms with van der Waals surface area (Å²) in [4.78, 5) is 0. The van der Waals surface area contributed by atoms with Crippen LogP contribution in [-0.4, -0.2) is 18.0 Å². The molecular formula is C11H20O2. The largest absolute Gasteiger partial charge is 0.349 e. The predicted molar refractivity (Wildman–Crippen MR) is 51.4 cm³/mol. The van der Waals surface area contributed by atoms with Crippen molar-refractivity contribution in [2.45, 2.75) is 58.5 Å². The van der Waals surface area contributed by atoms with Gasteiger partial charge in [-0.25, -0.2) is 0 Å². The highest BCUT2D eigenvalue weighted by Gasteiger charge is 2.55. The maximum Gasteiger partial charge on any atom is 0.155 e. The zero-order valence-corrected chi connectivity index (χ0v) is 9.04. The maximum atomic E-state index is 5.83. The smallest absolute Gasteiger partial charge is 0.155 e. The van der Waals surface area contributed by atoms with E-state index in [2.05, 4.69) is 20.8 Å². The van der Waals surface area contributed by atoms with Crippen molar-refractivity contribution in [2.75, 3.05) is 0 Å². The van der Waals surface area contributed by atoms with Gasteiger partial charge in [0.25, 0.3) is 0 Å². The minimum Gasteiger partial charge on any atom is -0.349 e. The molecule has 0 unspecified atom stereocenters. The van der Waals surface area contributed by atoms with E-state index in [1.54, 1.807) is 0 Å². The van der Waals surface area contributed by atoms with Crippen LogP contribution < -0.4 is 0 Å². The van der Waals surface area contributed by atoms with Crippen molar-refractivity contribution in [3.05, 3.63) is 0 Å². The van der Waals surface area contributed by atoms with Crippen molar-refractivity contribution >= 4 is 0 Å². The molecule has 2 heteroatoms. The lowest BCUT2D eigenvalue weighted by Crippen LogP contribution is -2.25. The topological polar surface area (TPSA) is 18.5 Å². The second-order valence-electron chi connectivity index (χ2n) is 5.05. The molecule has 0 aromatic heterocycles. The van der Waals surface area contributed by atoms with E-state index in [1.807, 2.05) is 6.92 Å². The maximum absolute atomic E-state index is 5.83. The van der Waals surface area contributed by atoms with Crippen LogP contribution in [0, 0.1) is 11.8 Å². The molecule has 4 atom stereocenters. The summed E-state index contributed by atoms with van der Waals surface area (Å²) in [5.74, 6) is 1.35. The SMILES string of the molecule is CC(C)[C@@H]1C[C@@H]2C[C@]2(C)O[C@H](C)O1. The fourth-order valence-electron chi connectivity index (χ4n) is 2.33. The molecule has 0 spiro atoms. The Morgan fingerprint density at radius 2 is 2.08 bits per heavy atom. The summed E-state index contributed by atoms with van der Waals surface area (Å²) in [6, 6.07) is 0.